The summed E-state index contributed by atoms with van der Waals surface area (Å²) in [4.78, 5) is 28.3. The summed E-state index contributed by atoms with van der Waals surface area (Å²) in [5.74, 6) is -6.00. The van der Waals surface area contributed by atoms with Crippen molar-refractivity contribution in [1.29, 1.82) is 0 Å². The third kappa shape index (κ3) is 7.75. The molecule has 0 aliphatic heterocycles. The van der Waals surface area contributed by atoms with Crippen LogP contribution >= 0.6 is 22.6 Å². The molecule has 0 atom stereocenters. The van der Waals surface area contributed by atoms with Crippen LogP contribution in [0.4, 0.5) is 67.2 Å². The Morgan fingerprint density at radius 2 is 1.44 bits per heavy atom. The number of carbonyl (C=O) groups excluding carboxylic acids is 2. The van der Waals surface area contributed by atoms with Gasteiger partial charge in [-0.3, -0.25) is 14.6 Å². The van der Waals surface area contributed by atoms with Crippen molar-refractivity contribution >= 4 is 40.0 Å². The number of ketones is 1. The quantitative estimate of drug-likeness (QED) is 0.148. The third-order valence-corrected chi connectivity index (χ3v) is 6.72. The van der Waals surface area contributed by atoms with Gasteiger partial charge in [0.25, 0.3) is 5.91 Å². The second-order valence-electron chi connectivity index (χ2n) is 8.79. The fourth-order valence-corrected chi connectivity index (χ4v) is 4.47. The van der Waals surface area contributed by atoms with Gasteiger partial charge in [0.15, 0.2) is 11.6 Å². The van der Waals surface area contributed by atoms with Gasteiger partial charge >= 0.3 is 30.6 Å². The van der Waals surface area contributed by atoms with Crippen molar-refractivity contribution in [1.82, 2.24) is 4.98 Å². The average molecular weight is 780 g/mol. The Morgan fingerprint density at radius 1 is 0.844 bits per heavy atom. The van der Waals surface area contributed by atoms with Crippen LogP contribution in [0.5, 0.6) is 5.75 Å². The molecule has 0 saturated carbocycles. The Hall–Kier alpha value is -3.72. The van der Waals surface area contributed by atoms with Crippen LogP contribution in [0.15, 0.2) is 48.7 Å². The number of hydrogen-bond acceptors (Lipinski definition) is 4. The Morgan fingerprint density at radius 3 is 1.93 bits per heavy atom. The summed E-state index contributed by atoms with van der Waals surface area (Å²) in [6, 6.07) is 3.04. The van der Waals surface area contributed by atoms with Gasteiger partial charge in [-0.05, 0) is 59.0 Å². The van der Waals surface area contributed by atoms with Crippen LogP contribution in [-0.4, -0.2) is 35.4 Å². The summed E-state index contributed by atoms with van der Waals surface area (Å²) < 4.78 is 189. The van der Waals surface area contributed by atoms with E-state index in [0.29, 0.717) is 18.3 Å². The summed E-state index contributed by atoms with van der Waals surface area (Å²) >= 11 is 0.929. The molecule has 0 saturated heterocycles. The Labute approximate surface area is 254 Å². The summed E-state index contributed by atoms with van der Waals surface area (Å²) in [6.07, 6.45) is -24.9. The Bertz CT molecular complexity index is 1580. The number of halogens is 15. The zero-order chi connectivity index (χ0) is 34.3. The zero-order valence-corrected chi connectivity index (χ0v) is 23.3. The lowest BCUT2D eigenvalue weighted by molar-refractivity contribution is -0.348. The van der Waals surface area contributed by atoms with E-state index < -0.39 is 104 Å². The SMILES string of the molecule is O=C(Nc1cccc(C(=O)Cc2c(I)cc(C(F)(C(F)(F)F)C(F)(F)F)cc2OC(F)(F)F)c1F)c1ccc(C(F)(F)F)nc1. The normalized spacial score (nSPS) is 13.0. The lowest BCUT2D eigenvalue weighted by Crippen LogP contribution is -2.50. The maximum absolute atomic E-state index is 15.2. The van der Waals surface area contributed by atoms with E-state index >= 15 is 4.39 Å². The van der Waals surface area contributed by atoms with Crippen LogP contribution in [0.3, 0.4) is 0 Å². The summed E-state index contributed by atoms with van der Waals surface area (Å²) in [7, 11) is 0. The topological polar surface area (TPSA) is 68.3 Å². The number of amides is 1. The van der Waals surface area contributed by atoms with E-state index in [1.54, 1.807) is 0 Å². The molecule has 1 amide bonds. The van der Waals surface area contributed by atoms with Gasteiger partial charge in [0.1, 0.15) is 11.4 Å². The zero-order valence-electron chi connectivity index (χ0n) is 21.2. The van der Waals surface area contributed by atoms with Crippen molar-refractivity contribution in [3.05, 3.63) is 86.0 Å². The fraction of sp³-hybridized carbons (Fsp3) is 0.240. The smallest absolute Gasteiger partial charge is 0.405 e. The van der Waals surface area contributed by atoms with Crippen LogP contribution in [0.1, 0.15) is 37.5 Å². The van der Waals surface area contributed by atoms with Crippen LogP contribution in [0.2, 0.25) is 0 Å². The van der Waals surface area contributed by atoms with Crippen LogP contribution in [-0.2, 0) is 18.3 Å². The van der Waals surface area contributed by atoms with E-state index in [1.165, 1.54) is 0 Å². The number of benzene rings is 2. The number of rotatable bonds is 7. The molecule has 3 rings (SSSR count). The number of anilines is 1. The molecule has 3 aromatic rings. The van der Waals surface area contributed by atoms with E-state index in [0.717, 1.165) is 40.8 Å². The second kappa shape index (κ2) is 12.2. The first-order valence-corrected chi connectivity index (χ1v) is 12.5. The first kappa shape index (κ1) is 35.8. The molecular formula is C25H11F14IN2O3. The van der Waals surface area contributed by atoms with Crippen LogP contribution in [0, 0.1) is 9.39 Å². The predicted octanol–water partition coefficient (Wildman–Crippen LogP) is 8.71. The van der Waals surface area contributed by atoms with Gasteiger partial charge in [-0.15, -0.1) is 13.2 Å². The highest BCUT2D eigenvalue weighted by Gasteiger charge is 2.73. The minimum Gasteiger partial charge on any atom is -0.405 e. The van der Waals surface area contributed by atoms with Gasteiger partial charge in [0, 0.05) is 27.3 Å². The standard InChI is InChI=1S/C25H11F14IN2O3/c26-19-12(2-1-3-15(19)42-20(44)10-4-5-18(41-9-10)22(28,29)30)16(43)8-13-14(40)6-11(7-17(13)45-25(37,38)39)21(27,23(31,32)33)24(34,35)36/h1-7,9H,8H2,(H,42,44). The Balaban J connectivity index is 2.00. The van der Waals surface area contributed by atoms with Crippen molar-refractivity contribution < 1.29 is 75.8 Å². The van der Waals surface area contributed by atoms with Gasteiger partial charge in [-0.2, -0.15) is 39.5 Å². The highest BCUT2D eigenvalue weighted by Crippen LogP contribution is 2.54. The first-order valence-electron chi connectivity index (χ1n) is 11.4. The van der Waals surface area contributed by atoms with Crippen LogP contribution < -0.4 is 10.1 Å². The molecular weight excluding hydrogens is 769 g/mol. The number of Topliss-reactive ketones (excluding diaryl/α,β-unsaturated/α-hetero) is 1. The molecule has 1 aromatic heterocycles. The van der Waals surface area contributed by atoms with E-state index in [9.17, 15) is 66.7 Å². The second-order valence-corrected chi connectivity index (χ2v) is 9.95. The number of alkyl halides is 13. The number of carbonyl (C=O) groups is 2. The monoisotopic (exact) mass is 780 g/mol. The predicted molar refractivity (Wildman–Crippen MR) is 132 cm³/mol. The van der Waals surface area contributed by atoms with Gasteiger partial charge in [0.2, 0.25) is 0 Å². The van der Waals surface area contributed by atoms with Crippen molar-refractivity contribution in [2.75, 3.05) is 5.32 Å². The first-order chi connectivity index (χ1) is 20.4. The highest BCUT2D eigenvalue weighted by molar-refractivity contribution is 14.1. The van der Waals surface area contributed by atoms with E-state index in [1.807, 2.05) is 5.32 Å². The molecule has 0 bridgehead atoms. The molecule has 1 heterocycles. The summed E-state index contributed by atoms with van der Waals surface area (Å²) in [6.45, 7) is 0. The number of nitrogens with one attached hydrogen (secondary N) is 1. The van der Waals surface area contributed by atoms with E-state index in [2.05, 4.69) is 9.72 Å². The average Bonchev–Trinajstić information content (AvgIpc) is 2.88. The molecule has 0 aliphatic carbocycles. The number of nitrogens with zero attached hydrogens (tertiary/aromatic N) is 1. The van der Waals surface area contributed by atoms with Crippen molar-refractivity contribution in [3.63, 3.8) is 0 Å². The summed E-state index contributed by atoms with van der Waals surface area (Å²) in [5.41, 5.74) is -13.1. The van der Waals surface area contributed by atoms with Crippen LogP contribution in [0.25, 0.3) is 0 Å². The fourth-order valence-electron chi connectivity index (χ4n) is 3.68. The molecule has 2 aromatic carbocycles. The molecule has 1 N–H and O–H groups in total. The molecule has 0 radical (unpaired) electrons. The van der Waals surface area contributed by atoms with Gasteiger partial charge < -0.3 is 10.1 Å². The van der Waals surface area contributed by atoms with Gasteiger partial charge in [-0.1, -0.05) is 6.07 Å². The third-order valence-electron chi connectivity index (χ3n) is 5.76. The number of hydrogen-bond donors (Lipinski definition) is 1. The number of aromatic nitrogens is 1. The minimum atomic E-state index is -6.70. The molecule has 244 valence electrons. The molecule has 0 spiro atoms. The molecule has 5 nitrogen and oxygen atoms in total. The molecule has 0 aliphatic rings. The van der Waals surface area contributed by atoms with Gasteiger partial charge in [0.05, 0.1) is 16.8 Å². The van der Waals surface area contributed by atoms with Gasteiger partial charge in [-0.25, -0.2) is 8.78 Å². The highest BCUT2D eigenvalue weighted by atomic mass is 127. The molecule has 20 heteroatoms. The number of ether oxygens (including phenoxy) is 1. The van der Waals surface area contributed by atoms with Crippen molar-refractivity contribution in [2.24, 2.45) is 0 Å². The molecule has 0 unspecified atom stereocenters. The lowest BCUT2D eigenvalue weighted by Gasteiger charge is -2.31. The summed E-state index contributed by atoms with van der Waals surface area (Å²) in [5, 5.41) is 1.93. The van der Waals surface area contributed by atoms with Crippen molar-refractivity contribution in [3.8, 4) is 5.75 Å². The lowest BCUT2D eigenvalue weighted by atomic mass is 9.91. The molecule has 45 heavy (non-hydrogen) atoms. The molecule has 0 fully saturated rings. The van der Waals surface area contributed by atoms with E-state index in [4.69, 9.17) is 0 Å². The van der Waals surface area contributed by atoms with Crippen molar-refractivity contribution in [2.45, 2.75) is 37.0 Å². The number of pyridine rings is 1. The Kier molecular flexibility index (Phi) is 9.72. The minimum absolute atomic E-state index is 0.113. The van der Waals surface area contributed by atoms with E-state index in [-0.39, 0.29) is 6.07 Å². The maximum Gasteiger partial charge on any atom is 0.573 e. The maximum atomic E-state index is 15.2. The largest absolute Gasteiger partial charge is 0.573 e.